The molecule has 0 unspecified atom stereocenters. The van der Waals surface area contributed by atoms with Crippen molar-refractivity contribution in [1.29, 1.82) is 0 Å². The van der Waals surface area contributed by atoms with Crippen molar-refractivity contribution in [1.82, 2.24) is 20.3 Å². The Balaban J connectivity index is 1.77. The molecule has 0 radical (unpaired) electrons. The average molecular weight is 286 g/mol. The van der Waals surface area contributed by atoms with Gasteiger partial charge in [0.2, 0.25) is 0 Å². The molecule has 3 rings (SSSR count). The Morgan fingerprint density at radius 1 is 1.24 bits per heavy atom. The molecule has 108 valence electrons. The van der Waals surface area contributed by atoms with E-state index in [2.05, 4.69) is 15.6 Å². The first-order chi connectivity index (χ1) is 10.1. The number of nitrogens with zero attached hydrogens (tertiary/aromatic N) is 3. The number of carbonyl (C=O) groups excluding carboxylic acids is 1. The van der Waals surface area contributed by atoms with Gasteiger partial charge in [0.05, 0.1) is 11.9 Å². The number of benzene rings is 1. The second-order valence-corrected chi connectivity index (χ2v) is 5.08. The highest BCUT2D eigenvalue weighted by molar-refractivity contribution is 5.96. The van der Waals surface area contributed by atoms with Crippen molar-refractivity contribution >= 4 is 11.9 Å². The van der Waals surface area contributed by atoms with Crippen LogP contribution in [0.25, 0.3) is 5.69 Å². The Bertz CT molecular complexity index is 677. The zero-order valence-corrected chi connectivity index (χ0v) is 11.2. The van der Waals surface area contributed by atoms with Gasteiger partial charge in [-0.25, -0.2) is 9.48 Å². The lowest BCUT2D eigenvalue weighted by atomic mass is 9.76. The van der Waals surface area contributed by atoms with Crippen LogP contribution in [0.15, 0.2) is 36.5 Å². The molecule has 0 aliphatic heterocycles. The predicted octanol–water partition coefficient (Wildman–Crippen LogP) is 1.00. The van der Waals surface area contributed by atoms with Crippen LogP contribution in [0.5, 0.6) is 0 Å². The maximum atomic E-state index is 12.1. The Hall–Kier alpha value is -2.70. The maximum Gasteiger partial charge on any atom is 0.329 e. The molecule has 1 aliphatic rings. The van der Waals surface area contributed by atoms with E-state index >= 15 is 0 Å². The van der Waals surface area contributed by atoms with Crippen molar-refractivity contribution < 1.29 is 14.7 Å². The Morgan fingerprint density at radius 3 is 2.52 bits per heavy atom. The molecule has 2 aromatic rings. The van der Waals surface area contributed by atoms with Crippen LogP contribution >= 0.6 is 0 Å². The van der Waals surface area contributed by atoms with Crippen molar-refractivity contribution in [2.75, 3.05) is 0 Å². The third-order valence-electron chi connectivity index (χ3n) is 3.72. The van der Waals surface area contributed by atoms with Crippen LogP contribution in [0.1, 0.15) is 29.8 Å². The van der Waals surface area contributed by atoms with E-state index < -0.39 is 17.4 Å². The van der Waals surface area contributed by atoms with E-state index in [1.807, 2.05) is 30.3 Å². The second kappa shape index (κ2) is 5.01. The summed E-state index contributed by atoms with van der Waals surface area (Å²) in [6.45, 7) is 0. The third-order valence-corrected chi connectivity index (χ3v) is 3.72. The normalized spacial score (nSPS) is 16.0. The molecule has 1 fully saturated rings. The SMILES string of the molecule is O=C(NC1(C(=O)O)CCC1)c1cn(-c2ccccc2)nn1. The summed E-state index contributed by atoms with van der Waals surface area (Å²) in [4.78, 5) is 23.4. The first-order valence-electron chi connectivity index (χ1n) is 6.64. The Morgan fingerprint density at radius 2 is 1.95 bits per heavy atom. The summed E-state index contributed by atoms with van der Waals surface area (Å²) in [5, 5.41) is 19.4. The summed E-state index contributed by atoms with van der Waals surface area (Å²) in [6.07, 6.45) is 3.17. The number of nitrogens with one attached hydrogen (secondary N) is 1. The van der Waals surface area contributed by atoms with E-state index in [1.165, 1.54) is 10.9 Å². The van der Waals surface area contributed by atoms with Gasteiger partial charge in [0, 0.05) is 0 Å². The number of para-hydroxylation sites is 1. The number of amides is 1. The van der Waals surface area contributed by atoms with Gasteiger partial charge < -0.3 is 10.4 Å². The minimum Gasteiger partial charge on any atom is -0.480 e. The van der Waals surface area contributed by atoms with E-state index in [9.17, 15) is 14.7 Å². The smallest absolute Gasteiger partial charge is 0.329 e. The van der Waals surface area contributed by atoms with Gasteiger partial charge in [0.15, 0.2) is 5.69 Å². The summed E-state index contributed by atoms with van der Waals surface area (Å²) in [5.74, 6) is -1.52. The van der Waals surface area contributed by atoms with Gasteiger partial charge in [0.25, 0.3) is 5.91 Å². The summed E-state index contributed by atoms with van der Waals surface area (Å²) in [5.41, 5.74) is -0.264. The van der Waals surface area contributed by atoms with Gasteiger partial charge in [-0.15, -0.1) is 5.10 Å². The molecule has 0 saturated heterocycles. The number of carboxylic acid groups (broad SMARTS) is 1. The number of hydrogen-bond acceptors (Lipinski definition) is 4. The van der Waals surface area contributed by atoms with Crippen LogP contribution in [-0.4, -0.2) is 37.5 Å². The molecule has 1 amide bonds. The van der Waals surface area contributed by atoms with Crippen molar-refractivity contribution in [2.45, 2.75) is 24.8 Å². The molecular formula is C14H14N4O3. The van der Waals surface area contributed by atoms with Crippen molar-refractivity contribution in [3.63, 3.8) is 0 Å². The van der Waals surface area contributed by atoms with Crippen molar-refractivity contribution in [2.24, 2.45) is 0 Å². The van der Waals surface area contributed by atoms with E-state index in [0.29, 0.717) is 12.8 Å². The predicted molar refractivity (Wildman–Crippen MR) is 73.0 cm³/mol. The minimum atomic E-state index is -1.15. The fourth-order valence-electron chi connectivity index (χ4n) is 2.28. The Labute approximate surface area is 120 Å². The number of aliphatic carboxylic acids is 1. The highest BCUT2D eigenvalue weighted by Crippen LogP contribution is 2.32. The quantitative estimate of drug-likeness (QED) is 0.874. The zero-order valence-electron chi connectivity index (χ0n) is 11.2. The molecule has 0 bridgehead atoms. The number of hydrogen-bond donors (Lipinski definition) is 2. The van der Waals surface area contributed by atoms with Gasteiger partial charge in [-0.05, 0) is 31.4 Å². The number of carbonyl (C=O) groups is 2. The van der Waals surface area contributed by atoms with Crippen LogP contribution in [-0.2, 0) is 4.79 Å². The lowest BCUT2D eigenvalue weighted by molar-refractivity contribution is -0.148. The highest BCUT2D eigenvalue weighted by atomic mass is 16.4. The average Bonchev–Trinajstić information content (AvgIpc) is 2.93. The largest absolute Gasteiger partial charge is 0.480 e. The molecule has 1 aromatic heterocycles. The molecular weight excluding hydrogens is 272 g/mol. The van der Waals surface area contributed by atoms with Gasteiger partial charge in [-0.3, -0.25) is 4.79 Å². The molecule has 0 atom stereocenters. The molecule has 2 N–H and O–H groups in total. The van der Waals surface area contributed by atoms with E-state index in [4.69, 9.17) is 0 Å². The molecule has 1 heterocycles. The highest BCUT2D eigenvalue weighted by Gasteiger charge is 2.46. The van der Waals surface area contributed by atoms with Crippen LogP contribution in [0.3, 0.4) is 0 Å². The van der Waals surface area contributed by atoms with E-state index in [1.54, 1.807) is 0 Å². The van der Waals surface area contributed by atoms with Gasteiger partial charge in [0.1, 0.15) is 5.54 Å². The second-order valence-electron chi connectivity index (χ2n) is 5.08. The Kier molecular flexibility index (Phi) is 3.17. The molecule has 1 aromatic carbocycles. The van der Waals surface area contributed by atoms with Crippen LogP contribution in [0.2, 0.25) is 0 Å². The summed E-state index contributed by atoms with van der Waals surface area (Å²) >= 11 is 0. The van der Waals surface area contributed by atoms with Gasteiger partial charge in [-0.2, -0.15) is 0 Å². The first-order valence-corrected chi connectivity index (χ1v) is 6.64. The fraction of sp³-hybridized carbons (Fsp3) is 0.286. The molecule has 21 heavy (non-hydrogen) atoms. The van der Waals surface area contributed by atoms with E-state index in [-0.39, 0.29) is 5.69 Å². The molecule has 1 saturated carbocycles. The number of aromatic nitrogens is 3. The van der Waals surface area contributed by atoms with Gasteiger partial charge in [-0.1, -0.05) is 23.4 Å². The van der Waals surface area contributed by atoms with Crippen LogP contribution in [0, 0.1) is 0 Å². The fourth-order valence-corrected chi connectivity index (χ4v) is 2.28. The van der Waals surface area contributed by atoms with Gasteiger partial charge >= 0.3 is 5.97 Å². The van der Waals surface area contributed by atoms with E-state index in [0.717, 1.165) is 12.1 Å². The minimum absolute atomic E-state index is 0.103. The van der Waals surface area contributed by atoms with Crippen molar-refractivity contribution in [3.05, 3.63) is 42.2 Å². The molecule has 7 heteroatoms. The standard InChI is InChI=1S/C14H14N4O3/c19-12(15-14(13(20)21)7-4-8-14)11-9-18(17-16-11)10-5-2-1-3-6-10/h1-3,5-6,9H,4,7-8H2,(H,15,19)(H,20,21). The van der Waals surface area contributed by atoms with Crippen LogP contribution in [0.4, 0.5) is 0 Å². The molecule has 7 nitrogen and oxygen atoms in total. The first kappa shape index (κ1) is 13.3. The summed E-state index contributed by atoms with van der Waals surface area (Å²) in [7, 11) is 0. The van der Waals surface area contributed by atoms with Crippen LogP contribution < -0.4 is 5.32 Å². The monoisotopic (exact) mass is 286 g/mol. The number of carboxylic acids is 1. The maximum absolute atomic E-state index is 12.1. The van der Waals surface area contributed by atoms with Crippen molar-refractivity contribution in [3.8, 4) is 5.69 Å². The zero-order chi connectivity index (χ0) is 14.9. The number of rotatable bonds is 4. The lowest BCUT2D eigenvalue weighted by Gasteiger charge is -2.37. The molecule has 1 aliphatic carbocycles. The lowest BCUT2D eigenvalue weighted by Crippen LogP contribution is -2.59. The third kappa shape index (κ3) is 2.37. The topological polar surface area (TPSA) is 97.1 Å². The molecule has 0 spiro atoms. The summed E-state index contributed by atoms with van der Waals surface area (Å²) in [6, 6.07) is 9.25. The summed E-state index contributed by atoms with van der Waals surface area (Å²) < 4.78 is 1.48.